The number of anilines is 2. The lowest BCUT2D eigenvalue weighted by atomic mass is 10.3. The Morgan fingerprint density at radius 2 is 2.29 bits per heavy atom. The molecule has 6 heteroatoms. The van der Waals surface area contributed by atoms with E-state index >= 15 is 0 Å². The van der Waals surface area contributed by atoms with Crippen molar-refractivity contribution in [3.8, 4) is 0 Å². The van der Waals surface area contributed by atoms with Crippen molar-refractivity contribution in [2.75, 3.05) is 11.1 Å². The summed E-state index contributed by atoms with van der Waals surface area (Å²) in [6, 6.07) is 8.00. The van der Waals surface area contributed by atoms with Crippen LogP contribution in [0.2, 0.25) is 0 Å². The quantitative estimate of drug-likeness (QED) is 0.817. The summed E-state index contributed by atoms with van der Waals surface area (Å²) >= 11 is 6.78. The predicted octanol–water partition coefficient (Wildman–Crippen LogP) is 4.55. The molecule has 0 unspecified atom stereocenters. The molecular formula is C11H12BrN3S2. The van der Waals surface area contributed by atoms with Gasteiger partial charge in [-0.1, -0.05) is 52.0 Å². The van der Waals surface area contributed by atoms with E-state index in [1.165, 1.54) is 0 Å². The maximum Gasteiger partial charge on any atom is 0.210 e. The van der Waals surface area contributed by atoms with Crippen LogP contribution in [0, 0.1) is 0 Å². The number of hydrogen-bond donors (Lipinski definition) is 1. The van der Waals surface area contributed by atoms with Crippen molar-refractivity contribution in [3.63, 3.8) is 0 Å². The van der Waals surface area contributed by atoms with E-state index in [2.05, 4.69) is 38.4 Å². The number of hydrogen-bond acceptors (Lipinski definition) is 5. The van der Waals surface area contributed by atoms with Crippen molar-refractivity contribution in [3.05, 3.63) is 28.7 Å². The summed E-state index contributed by atoms with van der Waals surface area (Å²) in [7, 11) is 0. The third kappa shape index (κ3) is 3.97. The molecule has 1 aromatic heterocycles. The zero-order chi connectivity index (χ0) is 12.1. The van der Waals surface area contributed by atoms with Gasteiger partial charge in [0.2, 0.25) is 5.13 Å². The Bertz CT molecular complexity index is 487. The van der Waals surface area contributed by atoms with Gasteiger partial charge in [-0.05, 0) is 24.6 Å². The highest BCUT2D eigenvalue weighted by Crippen LogP contribution is 2.28. The predicted molar refractivity (Wildman–Crippen MR) is 78.3 cm³/mol. The first-order chi connectivity index (χ1) is 8.28. The Labute approximate surface area is 117 Å². The van der Waals surface area contributed by atoms with Crippen LogP contribution in [0.1, 0.15) is 13.3 Å². The molecule has 0 saturated heterocycles. The van der Waals surface area contributed by atoms with Crippen LogP contribution in [0.4, 0.5) is 10.8 Å². The Hall–Kier alpha value is -0.590. The van der Waals surface area contributed by atoms with Crippen molar-refractivity contribution in [1.29, 1.82) is 0 Å². The van der Waals surface area contributed by atoms with Crippen LogP contribution < -0.4 is 5.32 Å². The molecule has 3 nitrogen and oxygen atoms in total. The van der Waals surface area contributed by atoms with E-state index in [9.17, 15) is 0 Å². The zero-order valence-electron chi connectivity index (χ0n) is 9.31. The molecule has 0 aliphatic carbocycles. The first kappa shape index (κ1) is 12.9. The summed E-state index contributed by atoms with van der Waals surface area (Å²) in [5, 5.41) is 12.3. The topological polar surface area (TPSA) is 37.8 Å². The average Bonchev–Trinajstić information content (AvgIpc) is 2.74. The number of nitrogens with zero attached hydrogens (tertiary/aromatic N) is 2. The molecule has 0 fully saturated rings. The van der Waals surface area contributed by atoms with Crippen LogP contribution in [-0.4, -0.2) is 16.0 Å². The summed E-state index contributed by atoms with van der Waals surface area (Å²) in [6.07, 6.45) is 1.15. The van der Waals surface area contributed by atoms with Crippen LogP contribution in [0.25, 0.3) is 0 Å². The zero-order valence-corrected chi connectivity index (χ0v) is 12.5. The lowest BCUT2D eigenvalue weighted by Gasteiger charge is -2.01. The van der Waals surface area contributed by atoms with Gasteiger partial charge in [0.25, 0.3) is 0 Å². The van der Waals surface area contributed by atoms with Crippen LogP contribution in [0.5, 0.6) is 0 Å². The molecule has 1 N–H and O–H groups in total. The summed E-state index contributed by atoms with van der Waals surface area (Å²) < 4.78 is 2.07. The third-order valence-electron chi connectivity index (χ3n) is 1.91. The normalized spacial score (nSPS) is 10.5. The van der Waals surface area contributed by atoms with Gasteiger partial charge in [0, 0.05) is 15.9 Å². The van der Waals surface area contributed by atoms with Gasteiger partial charge in [0.05, 0.1) is 0 Å². The summed E-state index contributed by atoms with van der Waals surface area (Å²) in [6.45, 7) is 2.16. The summed E-state index contributed by atoms with van der Waals surface area (Å²) in [5.41, 5.74) is 1.02. The minimum Gasteiger partial charge on any atom is -0.330 e. The van der Waals surface area contributed by atoms with E-state index in [0.29, 0.717) is 0 Å². The van der Waals surface area contributed by atoms with Crippen LogP contribution in [0.3, 0.4) is 0 Å². The van der Waals surface area contributed by atoms with Crippen molar-refractivity contribution < 1.29 is 0 Å². The molecule has 0 radical (unpaired) electrons. The first-order valence-corrected chi connectivity index (χ1v) is 7.86. The number of thioether (sulfide) groups is 1. The maximum atomic E-state index is 4.13. The molecule has 1 aromatic carbocycles. The molecule has 1 heterocycles. The van der Waals surface area contributed by atoms with Crippen molar-refractivity contribution in [2.24, 2.45) is 0 Å². The third-order valence-corrected chi connectivity index (χ3v) is 4.58. The van der Waals surface area contributed by atoms with Gasteiger partial charge in [-0.2, -0.15) is 0 Å². The second-order valence-electron chi connectivity index (χ2n) is 3.36. The van der Waals surface area contributed by atoms with Crippen LogP contribution in [0.15, 0.2) is 33.1 Å². The highest BCUT2D eigenvalue weighted by Gasteiger charge is 2.04. The van der Waals surface area contributed by atoms with E-state index in [-0.39, 0.29) is 0 Å². The Kier molecular flexibility index (Phi) is 4.82. The fourth-order valence-corrected chi connectivity index (χ4v) is 3.29. The lowest BCUT2D eigenvalue weighted by molar-refractivity contribution is 1.01. The number of benzene rings is 1. The Morgan fingerprint density at radius 1 is 1.41 bits per heavy atom. The number of rotatable bonds is 5. The van der Waals surface area contributed by atoms with E-state index in [4.69, 9.17) is 0 Å². The molecular weight excluding hydrogens is 318 g/mol. The van der Waals surface area contributed by atoms with Gasteiger partial charge in [0.1, 0.15) is 0 Å². The molecule has 17 heavy (non-hydrogen) atoms. The molecule has 0 saturated carbocycles. The van der Waals surface area contributed by atoms with E-state index < -0.39 is 0 Å². The fourth-order valence-electron chi connectivity index (χ4n) is 1.20. The van der Waals surface area contributed by atoms with Crippen molar-refractivity contribution in [2.45, 2.75) is 17.7 Å². The number of nitrogens with one attached hydrogen (secondary N) is 1. The lowest BCUT2D eigenvalue weighted by Crippen LogP contribution is -1.88. The molecule has 2 aromatic rings. The van der Waals surface area contributed by atoms with Gasteiger partial charge >= 0.3 is 0 Å². The SMILES string of the molecule is CCCSc1nnc(Nc2cccc(Br)c2)s1. The Balaban J connectivity index is 2.01. The molecule has 0 aliphatic heterocycles. The van der Waals surface area contributed by atoms with Crippen molar-refractivity contribution >= 4 is 49.8 Å². The van der Waals surface area contributed by atoms with E-state index in [1.807, 2.05) is 24.3 Å². The monoisotopic (exact) mass is 329 g/mol. The smallest absolute Gasteiger partial charge is 0.210 e. The van der Waals surface area contributed by atoms with Gasteiger partial charge in [0.15, 0.2) is 4.34 Å². The molecule has 0 bridgehead atoms. The second kappa shape index (κ2) is 6.37. The van der Waals surface area contributed by atoms with Crippen molar-refractivity contribution in [1.82, 2.24) is 10.2 Å². The van der Waals surface area contributed by atoms with Gasteiger partial charge in [-0.25, -0.2) is 0 Å². The van der Waals surface area contributed by atoms with Gasteiger partial charge < -0.3 is 5.32 Å². The summed E-state index contributed by atoms with van der Waals surface area (Å²) in [5.74, 6) is 1.09. The molecule has 0 atom stereocenters. The fraction of sp³-hybridized carbons (Fsp3) is 0.273. The number of halogens is 1. The minimum absolute atomic E-state index is 0.835. The average molecular weight is 330 g/mol. The molecule has 90 valence electrons. The summed E-state index contributed by atoms with van der Waals surface area (Å²) in [4.78, 5) is 0. The molecule has 0 spiro atoms. The Morgan fingerprint density at radius 3 is 3.06 bits per heavy atom. The van der Waals surface area contributed by atoms with E-state index in [1.54, 1.807) is 23.1 Å². The molecule has 0 amide bonds. The molecule has 0 aliphatic rings. The number of aromatic nitrogens is 2. The second-order valence-corrected chi connectivity index (χ2v) is 6.59. The highest BCUT2D eigenvalue weighted by molar-refractivity contribution is 9.10. The largest absolute Gasteiger partial charge is 0.330 e. The standard InChI is InChI=1S/C11H12BrN3S2/c1-2-6-16-11-15-14-10(17-11)13-9-5-3-4-8(12)7-9/h3-5,7H,2,6H2,1H3,(H,13,14). The van der Waals surface area contributed by atoms with Gasteiger partial charge in [-0.3, -0.25) is 0 Å². The van der Waals surface area contributed by atoms with E-state index in [0.717, 1.165) is 31.8 Å². The van der Waals surface area contributed by atoms with Gasteiger partial charge in [-0.15, -0.1) is 10.2 Å². The first-order valence-electron chi connectivity index (χ1n) is 5.27. The minimum atomic E-state index is 0.835. The molecule has 2 rings (SSSR count). The van der Waals surface area contributed by atoms with Crippen LogP contribution >= 0.6 is 39.0 Å². The maximum absolute atomic E-state index is 4.13. The highest BCUT2D eigenvalue weighted by atomic mass is 79.9. The van der Waals surface area contributed by atoms with Crippen LogP contribution in [-0.2, 0) is 0 Å².